The van der Waals surface area contributed by atoms with E-state index in [4.69, 9.17) is 0 Å². The molecular formula is C16H15FN4OS3. The number of hydrogen-bond acceptors (Lipinski definition) is 6. The molecule has 1 N–H and O–H groups in total. The molecule has 1 aromatic carbocycles. The summed E-state index contributed by atoms with van der Waals surface area (Å²) >= 11 is 4.29. The van der Waals surface area contributed by atoms with Crippen LogP contribution in [-0.2, 0) is 6.54 Å². The summed E-state index contributed by atoms with van der Waals surface area (Å²) in [5, 5.41) is 7.83. The summed E-state index contributed by atoms with van der Waals surface area (Å²) in [4.78, 5) is 12.6. The Labute approximate surface area is 157 Å². The lowest BCUT2D eigenvalue weighted by Gasteiger charge is -2.04. The van der Waals surface area contributed by atoms with Crippen LogP contribution >= 0.6 is 35.1 Å². The summed E-state index contributed by atoms with van der Waals surface area (Å²) in [6.07, 6.45) is 7.17. The molecule has 0 atom stereocenters. The van der Waals surface area contributed by atoms with Crippen molar-refractivity contribution in [1.82, 2.24) is 14.2 Å². The van der Waals surface area contributed by atoms with Crippen molar-refractivity contribution in [2.75, 3.05) is 17.8 Å². The maximum Gasteiger partial charge on any atom is 0.260 e. The van der Waals surface area contributed by atoms with E-state index in [2.05, 4.69) is 14.8 Å². The molecule has 5 nitrogen and oxygen atoms in total. The molecule has 0 spiro atoms. The van der Waals surface area contributed by atoms with Crippen molar-refractivity contribution < 1.29 is 9.18 Å². The molecule has 0 aliphatic carbocycles. The van der Waals surface area contributed by atoms with Crippen LogP contribution in [0.3, 0.4) is 0 Å². The lowest BCUT2D eigenvalue weighted by atomic mass is 10.2. The summed E-state index contributed by atoms with van der Waals surface area (Å²) < 4.78 is 19.8. The number of benzene rings is 1. The van der Waals surface area contributed by atoms with Crippen LogP contribution in [0.1, 0.15) is 15.9 Å². The standard InChI is InChI=1S/C16H15FN4OS3/c1-23-15-13(16(24-2)25-20-15)14(22)19-12-7-18-21(9-12)8-10-3-5-11(17)6-4-10/h3-7,9H,8H2,1-2H3,(H,19,22). The van der Waals surface area contributed by atoms with Gasteiger partial charge in [-0.3, -0.25) is 9.48 Å². The highest BCUT2D eigenvalue weighted by Crippen LogP contribution is 2.33. The number of anilines is 1. The fraction of sp³-hybridized carbons (Fsp3) is 0.188. The van der Waals surface area contributed by atoms with E-state index >= 15 is 0 Å². The Balaban J connectivity index is 1.72. The average molecular weight is 395 g/mol. The summed E-state index contributed by atoms with van der Waals surface area (Å²) in [5.41, 5.74) is 2.15. The smallest absolute Gasteiger partial charge is 0.260 e. The quantitative estimate of drug-likeness (QED) is 0.634. The Morgan fingerprint density at radius 3 is 2.72 bits per heavy atom. The van der Waals surface area contributed by atoms with Gasteiger partial charge in [0.15, 0.2) is 0 Å². The van der Waals surface area contributed by atoms with E-state index < -0.39 is 0 Å². The molecule has 3 rings (SSSR count). The lowest BCUT2D eigenvalue weighted by Crippen LogP contribution is -2.12. The van der Waals surface area contributed by atoms with Gasteiger partial charge in [0.1, 0.15) is 10.8 Å². The second-order valence-corrected chi connectivity index (χ2v) is 7.71. The molecule has 0 saturated carbocycles. The van der Waals surface area contributed by atoms with Crippen LogP contribution in [-0.4, -0.2) is 32.6 Å². The molecule has 0 radical (unpaired) electrons. The van der Waals surface area contributed by atoms with E-state index in [9.17, 15) is 9.18 Å². The zero-order chi connectivity index (χ0) is 17.8. The lowest BCUT2D eigenvalue weighted by molar-refractivity contribution is 0.102. The van der Waals surface area contributed by atoms with Crippen LogP contribution in [0.2, 0.25) is 0 Å². The molecule has 2 aromatic heterocycles. The predicted octanol–water partition coefficient (Wildman–Crippen LogP) is 4.22. The largest absolute Gasteiger partial charge is 0.319 e. The molecule has 0 aliphatic rings. The number of rotatable bonds is 6. The Hall–Kier alpha value is -1.84. The minimum absolute atomic E-state index is 0.191. The first kappa shape index (κ1) is 18.0. The van der Waals surface area contributed by atoms with Gasteiger partial charge in [0.25, 0.3) is 5.91 Å². The number of nitrogens with zero attached hydrogens (tertiary/aromatic N) is 3. The number of carbonyl (C=O) groups excluding carboxylic acids is 1. The monoisotopic (exact) mass is 394 g/mol. The van der Waals surface area contributed by atoms with Crippen molar-refractivity contribution in [3.05, 3.63) is 53.6 Å². The topological polar surface area (TPSA) is 59.8 Å². The van der Waals surface area contributed by atoms with Gasteiger partial charge < -0.3 is 5.32 Å². The van der Waals surface area contributed by atoms with Crippen molar-refractivity contribution in [2.24, 2.45) is 0 Å². The second-order valence-electron chi connectivity index (χ2n) is 5.07. The molecule has 0 unspecified atom stereocenters. The van der Waals surface area contributed by atoms with E-state index in [1.807, 2.05) is 12.5 Å². The molecule has 0 fully saturated rings. The maximum absolute atomic E-state index is 13.0. The van der Waals surface area contributed by atoms with Gasteiger partial charge in [-0.1, -0.05) is 12.1 Å². The van der Waals surface area contributed by atoms with E-state index in [-0.39, 0.29) is 11.7 Å². The average Bonchev–Trinajstić information content (AvgIpc) is 3.23. The van der Waals surface area contributed by atoms with Gasteiger partial charge in [0.2, 0.25) is 0 Å². The Bertz CT molecular complexity index is 854. The number of hydrogen-bond donors (Lipinski definition) is 1. The number of halogens is 1. The highest BCUT2D eigenvalue weighted by atomic mass is 32.2. The first-order valence-electron chi connectivity index (χ1n) is 7.26. The zero-order valence-electron chi connectivity index (χ0n) is 13.5. The van der Waals surface area contributed by atoms with Crippen LogP contribution in [0.4, 0.5) is 10.1 Å². The SMILES string of the molecule is CSc1nsc(SC)c1C(=O)Nc1cnn(Cc2ccc(F)cc2)c1. The van der Waals surface area contributed by atoms with E-state index in [1.165, 1.54) is 47.2 Å². The summed E-state index contributed by atoms with van der Waals surface area (Å²) in [7, 11) is 0. The summed E-state index contributed by atoms with van der Waals surface area (Å²) in [5.74, 6) is -0.459. The van der Waals surface area contributed by atoms with Crippen molar-refractivity contribution in [2.45, 2.75) is 15.8 Å². The Morgan fingerprint density at radius 2 is 2.04 bits per heavy atom. The third-order valence-corrected chi connectivity index (χ3v) is 6.12. The molecule has 25 heavy (non-hydrogen) atoms. The van der Waals surface area contributed by atoms with Crippen LogP contribution < -0.4 is 5.32 Å². The Morgan fingerprint density at radius 1 is 1.28 bits per heavy atom. The van der Waals surface area contributed by atoms with Crippen molar-refractivity contribution >= 4 is 46.7 Å². The number of nitrogens with one attached hydrogen (secondary N) is 1. The highest BCUT2D eigenvalue weighted by molar-refractivity contribution is 8.01. The zero-order valence-corrected chi connectivity index (χ0v) is 16.0. The molecule has 2 heterocycles. The van der Waals surface area contributed by atoms with Crippen LogP contribution in [0.5, 0.6) is 0 Å². The molecule has 130 valence electrons. The van der Waals surface area contributed by atoms with Gasteiger partial charge in [-0.25, -0.2) is 4.39 Å². The third-order valence-electron chi connectivity index (χ3n) is 3.38. The minimum atomic E-state index is -0.268. The van der Waals surface area contributed by atoms with Crippen molar-refractivity contribution in [3.8, 4) is 0 Å². The van der Waals surface area contributed by atoms with Gasteiger partial charge >= 0.3 is 0 Å². The van der Waals surface area contributed by atoms with Gasteiger partial charge in [-0.05, 0) is 41.7 Å². The minimum Gasteiger partial charge on any atom is -0.319 e. The molecule has 0 bridgehead atoms. The van der Waals surface area contributed by atoms with Gasteiger partial charge in [0.05, 0.1) is 28.2 Å². The normalized spacial score (nSPS) is 10.8. The second kappa shape index (κ2) is 8.03. The third kappa shape index (κ3) is 4.23. The van der Waals surface area contributed by atoms with Crippen molar-refractivity contribution in [3.63, 3.8) is 0 Å². The first-order chi connectivity index (χ1) is 12.1. The molecule has 3 aromatic rings. The number of thioether (sulfide) groups is 2. The number of carbonyl (C=O) groups is 1. The molecular weight excluding hydrogens is 379 g/mol. The van der Waals surface area contributed by atoms with Gasteiger partial charge in [-0.15, -0.1) is 23.5 Å². The molecule has 9 heteroatoms. The summed E-state index contributed by atoms with van der Waals surface area (Å²) in [6, 6.07) is 6.25. The van der Waals surface area contributed by atoms with E-state index in [0.29, 0.717) is 17.8 Å². The molecule has 1 amide bonds. The van der Waals surface area contributed by atoms with Crippen LogP contribution in [0.15, 0.2) is 45.9 Å². The Kier molecular flexibility index (Phi) is 5.77. The van der Waals surface area contributed by atoms with Crippen molar-refractivity contribution in [1.29, 1.82) is 0 Å². The predicted molar refractivity (Wildman–Crippen MR) is 101 cm³/mol. The fourth-order valence-corrected chi connectivity index (χ4v) is 4.49. The highest BCUT2D eigenvalue weighted by Gasteiger charge is 2.20. The fourth-order valence-electron chi connectivity index (χ4n) is 2.22. The number of aromatic nitrogens is 3. The van der Waals surface area contributed by atoms with E-state index in [0.717, 1.165) is 14.8 Å². The summed E-state index contributed by atoms with van der Waals surface area (Å²) in [6.45, 7) is 0.502. The first-order valence-corrected chi connectivity index (χ1v) is 10.5. The van der Waals surface area contributed by atoms with Gasteiger partial charge in [-0.2, -0.15) is 9.47 Å². The van der Waals surface area contributed by atoms with Crippen LogP contribution in [0, 0.1) is 5.82 Å². The molecule has 0 aliphatic heterocycles. The van der Waals surface area contributed by atoms with Gasteiger partial charge in [0, 0.05) is 6.20 Å². The maximum atomic E-state index is 13.0. The molecule has 0 saturated heterocycles. The van der Waals surface area contributed by atoms with E-state index in [1.54, 1.807) is 29.2 Å². The number of amides is 1. The van der Waals surface area contributed by atoms with Crippen LogP contribution in [0.25, 0.3) is 0 Å².